The number of phenolic OH excluding ortho intramolecular Hbond substituents is 1. The Hall–Kier alpha value is -1.90. The molecule has 0 amide bonds. The lowest BCUT2D eigenvalue weighted by Gasteiger charge is -2.34. The molecule has 1 fully saturated rings. The Bertz CT molecular complexity index is 1150. The van der Waals surface area contributed by atoms with Crippen LogP contribution in [0.2, 0.25) is 5.02 Å². The molecule has 5 nitrogen and oxygen atoms in total. The second kappa shape index (κ2) is 9.53. The minimum Gasteiger partial charge on any atom is -0.503 e. The highest BCUT2D eigenvalue weighted by Crippen LogP contribution is 2.35. The summed E-state index contributed by atoms with van der Waals surface area (Å²) in [6.07, 6.45) is 6.09. The van der Waals surface area contributed by atoms with Crippen molar-refractivity contribution in [2.24, 2.45) is 0 Å². The van der Waals surface area contributed by atoms with Crippen LogP contribution < -0.4 is 27.9 Å². The standard InChI is InChI=1S/C25H27ClIN3O2/c1-14(31)20-13-28-23-9-4-15(16-11-21(26)25(32)22(27)12-16)10-19(23)24(20)29-17-5-7-18(8-6-17)30(2)3/h4,9-13,17-18,27H,5-8H2,1-3H3,(H-,28,29,31,32)/p+1. The number of carbonyl (C=O) groups is 1. The van der Waals surface area contributed by atoms with Crippen LogP contribution in [0.3, 0.4) is 0 Å². The first-order chi connectivity index (χ1) is 15.2. The van der Waals surface area contributed by atoms with E-state index >= 15 is 0 Å². The van der Waals surface area contributed by atoms with E-state index in [1.807, 2.05) is 18.2 Å². The normalized spacial score (nSPS) is 18.8. The summed E-state index contributed by atoms with van der Waals surface area (Å²) in [6.45, 7) is 1.59. The lowest BCUT2D eigenvalue weighted by molar-refractivity contribution is -0.330. The number of benzene rings is 2. The Morgan fingerprint density at radius 1 is 1.16 bits per heavy atom. The van der Waals surface area contributed by atoms with Crippen molar-refractivity contribution in [1.82, 2.24) is 9.88 Å². The van der Waals surface area contributed by atoms with E-state index in [-0.39, 0.29) is 11.5 Å². The zero-order chi connectivity index (χ0) is 23.0. The van der Waals surface area contributed by atoms with Crippen molar-refractivity contribution < 1.29 is 32.5 Å². The minimum absolute atomic E-state index is 0.00163. The Labute approximate surface area is 207 Å². The fraction of sp³-hybridized carbons (Fsp3) is 0.360. The lowest BCUT2D eigenvalue weighted by atomic mass is 9.90. The van der Waals surface area contributed by atoms with E-state index in [4.69, 9.17) is 11.6 Å². The second-order valence-corrected chi connectivity index (χ2v) is 10.4. The number of nitrogens with zero attached hydrogens (tertiary/aromatic N) is 2. The molecule has 2 aromatic carbocycles. The first-order valence-electron chi connectivity index (χ1n) is 10.8. The van der Waals surface area contributed by atoms with E-state index in [9.17, 15) is 9.90 Å². The van der Waals surface area contributed by atoms with E-state index in [1.54, 1.807) is 41.8 Å². The Kier molecular flexibility index (Phi) is 6.93. The molecule has 0 aliphatic heterocycles. The zero-order valence-electron chi connectivity index (χ0n) is 18.5. The van der Waals surface area contributed by atoms with E-state index in [0.29, 0.717) is 22.7 Å². The van der Waals surface area contributed by atoms with Gasteiger partial charge in [0, 0.05) is 29.7 Å². The summed E-state index contributed by atoms with van der Waals surface area (Å²) < 4.78 is 0.731. The number of pyridine rings is 1. The Morgan fingerprint density at radius 2 is 1.88 bits per heavy atom. The number of aromatic hydroxyl groups is 1. The Balaban J connectivity index is 1.75. The number of anilines is 1. The molecule has 1 aliphatic rings. The predicted octanol–water partition coefficient (Wildman–Crippen LogP) is 2.20. The maximum Gasteiger partial charge on any atom is 0.300 e. The highest BCUT2D eigenvalue weighted by molar-refractivity contribution is 6.32. The van der Waals surface area contributed by atoms with E-state index in [1.165, 1.54) is 0 Å². The van der Waals surface area contributed by atoms with Gasteiger partial charge in [-0.2, -0.15) is 0 Å². The van der Waals surface area contributed by atoms with E-state index < -0.39 is 0 Å². The zero-order valence-corrected chi connectivity index (χ0v) is 21.6. The summed E-state index contributed by atoms with van der Waals surface area (Å²) in [4.78, 5) is 19.3. The van der Waals surface area contributed by atoms with Crippen LogP contribution >= 0.6 is 11.6 Å². The summed E-state index contributed by atoms with van der Waals surface area (Å²) in [5.74, 6) is 0.107. The minimum atomic E-state index is -0.00163. The van der Waals surface area contributed by atoms with Crippen LogP contribution in [0.5, 0.6) is 5.75 Å². The molecule has 7 heteroatoms. The van der Waals surface area contributed by atoms with Gasteiger partial charge in [-0.05, 0) is 76.0 Å². The van der Waals surface area contributed by atoms with Gasteiger partial charge in [0.25, 0.3) is 0 Å². The molecule has 168 valence electrons. The number of Topliss-reactive ketones (excluding diaryl/α,β-unsaturated/α-hetero) is 1. The van der Waals surface area contributed by atoms with Gasteiger partial charge in [0.15, 0.2) is 11.5 Å². The molecule has 1 aromatic heterocycles. The molecule has 0 unspecified atom stereocenters. The maximum absolute atomic E-state index is 12.4. The number of hydrogen-bond donors (Lipinski definition) is 2. The van der Waals surface area contributed by atoms with Gasteiger partial charge in [0.2, 0.25) is 3.57 Å². The summed E-state index contributed by atoms with van der Waals surface area (Å²) >= 11 is 7.98. The van der Waals surface area contributed by atoms with Crippen LogP contribution in [0, 0.1) is 3.57 Å². The van der Waals surface area contributed by atoms with Gasteiger partial charge in [-0.1, -0.05) is 17.7 Å². The van der Waals surface area contributed by atoms with Gasteiger partial charge in [-0.15, -0.1) is 0 Å². The molecule has 0 spiro atoms. The highest BCUT2D eigenvalue weighted by Gasteiger charge is 2.24. The van der Waals surface area contributed by atoms with Gasteiger partial charge < -0.3 is 15.3 Å². The van der Waals surface area contributed by atoms with E-state index in [0.717, 1.165) is 57.0 Å². The molecule has 0 atom stereocenters. The topological polar surface area (TPSA) is 65.5 Å². The molecule has 1 aliphatic carbocycles. The summed E-state index contributed by atoms with van der Waals surface area (Å²) in [5.41, 5.74) is 4.20. The first kappa shape index (κ1) is 23.3. The summed E-state index contributed by atoms with van der Waals surface area (Å²) in [7, 11) is 4.28. The van der Waals surface area contributed by atoms with Crippen molar-refractivity contribution in [2.45, 2.75) is 44.7 Å². The third-order valence-electron chi connectivity index (χ3n) is 6.38. The van der Waals surface area contributed by atoms with Gasteiger partial charge in [-0.3, -0.25) is 9.78 Å². The highest BCUT2D eigenvalue weighted by atomic mass is 127. The second-order valence-electron chi connectivity index (χ2n) is 8.75. The van der Waals surface area contributed by atoms with Gasteiger partial charge in [0.1, 0.15) is 0 Å². The lowest BCUT2D eigenvalue weighted by Crippen LogP contribution is -3.34. The van der Waals surface area contributed by atoms with E-state index in [2.05, 4.69) is 35.4 Å². The monoisotopic (exact) mass is 564 g/mol. The molecule has 0 radical (unpaired) electrons. The van der Waals surface area contributed by atoms with Crippen LogP contribution in [0.25, 0.3) is 22.0 Å². The summed E-state index contributed by atoms with van der Waals surface area (Å²) in [6, 6.07) is 10.7. The van der Waals surface area contributed by atoms with Crippen LogP contribution in [-0.4, -0.2) is 47.0 Å². The largest absolute Gasteiger partial charge is 0.503 e. The number of fused-ring (bicyclic) bond motifs is 1. The molecule has 0 saturated heterocycles. The third-order valence-corrected chi connectivity index (χ3v) is 7.56. The quantitative estimate of drug-likeness (QED) is 0.368. The fourth-order valence-electron chi connectivity index (χ4n) is 4.48. The number of aromatic nitrogens is 1. The van der Waals surface area contributed by atoms with Crippen molar-refractivity contribution in [1.29, 1.82) is 0 Å². The SMILES string of the molecule is CC(=O)c1cnc2ccc(-c3cc(Cl)c(O)c([IH+])c3)cc2c1NC1CCC(N(C)C)CC1. The van der Waals surface area contributed by atoms with Crippen molar-refractivity contribution in [3.8, 4) is 16.9 Å². The number of nitrogens with one attached hydrogen (secondary N) is 1. The number of hydrogen-bond acceptors (Lipinski definition) is 5. The summed E-state index contributed by atoms with van der Waals surface area (Å²) in [5, 5.41) is 15.0. The number of rotatable bonds is 5. The molecule has 4 rings (SSSR count). The molecule has 32 heavy (non-hydrogen) atoms. The number of carbonyl (C=O) groups excluding carboxylic acids is 1. The molecule has 0 bridgehead atoms. The van der Waals surface area contributed by atoms with Crippen molar-refractivity contribution >= 4 is 34.0 Å². The first-order valence-corrected chi connectivity index (χ1v) is 12.4. The fourth-order valence-corrected chi connectivity index (χ4v) is 5.55. The van der Waals surface area contributed by atoms with Crippen molar-refractivity contribution in [3.05, 3.63) is 50.7 Å². The Morgan fingerprint density at radius 3 is 2.50 bits per heavy atom. The molecule has 1 saturated carbocycles. The molecule has 1 heterocycles. The number of halogens is 2. The number of phenols is 1. The predicted molar refractivity (Wildman–Crippen MR) is 127 cm³/mol. The van der Waals surface area contributed by atoms with Crippen molar-refractivity contribution in [2.75, 3.05) is 19.4 Å². The van der Waals surface area contributed by atoms with Crippen LogP contribution in [0.4, 0.5) is 5.69 Å². The van der Waals surface area contributed by atoms with Crippen LogP contribution in [-0.2, 0) is 0 Å². The van der Waals surface area contributed by atoms with Crippen LogP contribution in [0.15, 0.2) is 36.5 Å². The van der Waals surface area contributed by atoms with Gasteiger partial charge >= 0.3 is 22.6 Å². The molecular formula is C25H28ClIN3O2+. The van der Waals surface area contributed by atoms with Gasteiger partial charge in [-0.25, -0.2) is 0 Å². The average molecular weight is 565 g/mol. The van der Waals surface area contributed by atoms with Crippen molar-refractivity contribution in [3.63, 3.8) is 0 Å². The third kappa shape index (κ3) is 4.72. The number of ketones is 1. The van der Waals surface area contributed by atoms with Crippen LogP contribution in [0.1, 0.15) is 43.0 Å². The molecular weight excluding hydrogens is 537 g/mol. The molecule has 2 N–H and O–H groups in total. The molecule has 3 aromatic rings. The maximum atomic E-state index is 12.4. The smallest absolute Gasteiger partial charge is 0.300 e. The van der Waals surface area contributed by atoms with Gasteiger partial charge in [0.05, 0.1) is 21.8 Å². The average Bonchev–Trinajstić information content (AvgIpc) is 2.77.